The fourth-order valence-corrected chi connectivity index (χ4v) is 2.49. The molecule has 2 aromatic rings. The van der Waals surface area contributed by atoms with Gasteiger partial charge < -0.3 is 4.48 Å². The molecule has 0 bridgehead atoms. The molecule has 0 heterocycles. The number of hydrogen-bond acceptors (Lipinski definition) is 0. The molecular weight excluding hydrogens is 242 g/mol. The first-order chi connectivity index (χ1) is 9.48. The highest BCUT2D eigenvalue weighted by Crippen LogP contribution is 2.30. The van der Waals surface area contributed by atoms with Crippen molar-refractivity contribution in [2.75, 3.05) is 21.1 Å². The van der Waals surface area contributed by atoms with Crippen molar-refractivity contribution in [2.24, 2.45) is 0 Å². The van der Waals surface area contributed by atoms with Gasteiger partial charge in [-0.05, 0) is 18.1 Å². The smallest absolute Gasteiger partial charge is 0.0864 e. The first kappa shape index (κ1) is 14.8. The maximum Gasteiger partial charge on any atom is 0.0864 e. The van der Waals surface area contributed by atoms with Crippen molar-refractivity contribution in [2.45, 2.75) is 25.3 Å². The molecule has 0 aliphatic rings. The summed E-state index contributed by atoms with van der Waals surface area (Å²) in [6, 6.07) is 22.4. The minimum atomic E-state index is 0.477. The van der Waals surface area contributed by atoms with Crippen molar-refractivity contribution in [3.8, 4) is 0 Å². The highest BCUT2D eigenvalue weighted by Gasteiger charge is 2.24. The Hall–Kier alpha value is -1.60. The van der Waals surface area contributed by atoms with E-state index in [1.165, 1.54) is 11.1 Å². The predicted molar refractivity (Wildman–Crippen MR) is 86.8 cm³/mol. The molecule has 2 rings (SSSR count). The minimum absolute atomic E-state index is 0.477. The van der Waals surface area contributed by atoms with Crippen LogP contribution in [0.15, 0.2) is 60.7 Å². The Morgan fingerprint density at radius 3 is 1.50 bits per heavy atom. The van der Waals surface area contributed by atoms with Gasteiger partial charge in [-0.3, -0.25) is 0 Å². The molecule has 1 heteroatoms. The Bertz CT molecular complexity index is 471. The Balaban J connectivity index is 2.31. The average molecular weight is 268 g/mol. The van der Waals surface area contributed by atoms with Crippen LogP contribution in [0.4, 0.5) is 0 Å². The molecule has 0 aliphatic heterocycles. The zero-order valence-electron chi connectivity index (χ0n) is 13.1. The summed E-state index contributed by atoms with van der Waals surface area (Å²) < 4.78 is 0.996. The molecule has 0 saturated carbocycles. The van der Waals surface area contributed by atoms with Crippen molar-refractivity contribution in [1.29, 1.82) is 0 Å². The van der Waals surface area contributed by atoms with Crippen molar-refractivity contribution in [3.63, 3.8) is 0 Å². The molecule has 1 nitrogen and oxygen atoms in total. The van der Waals surface area contributed by atoms with Crippen LogP contribution in [0.5, 0.6) is 0 Å². The second-order valence-corrected chi connectivity index (χ2v) is 6.57. The lowest BCUT2D eigenvalue weighted by Gasteiger charge is -2.34. The maximum absolute atomic E-state index is 2.35. The van der Waals surface area contributed by atoms with E-state index in [9.17, 15) is 0 Å². The van der Waals surface area contributed by atoms with Crippen LogP contribution < -0.4 is 0 Å². The molecule has 2 aromatic carbocycles. The van der Waals surface area contributed by atoms with E-state index in [2.05, 4.69) is 88.7 Å². The van der Waals surface area contributed by atoms with Gasteiger partial charge in [0.2, 0.25) is 0 Å². The van der Waals surface area contributed by atoms with Gasteiger partial charge in [0, 0.05) is 12.3 Å². The summed E-state index contributed by atoms with van der Waals surface area (Å²) in [5.41, 5.74) is 2.83. The molecule has 106 valence electrons. The molecule has 0 radical (unpaired) electrons. The fourth-order valence-electron chi connectivity index (χ4n) is 2.49. The van der Waals surface area contributed by atoms with Crippen LogP contribution >= 0.6 is 0 Å². The first-order valence-corrected chi connectivity index (χ1v) is 7.39. The standard InChI is InChI=1S/C19H26N/c1-16(20(2,3)4)15-19(17-11-7-5-8-12-17)18-13-9-6-10-14-18/h5-14,16,19H,15H2,1-4H3/q+1. The number of quaternary nitrogens is 1. The summed E-state index contributed by atoms with van der Waals surface area (Å²) in [6.45, 7) is 2.35. The summed E-state index contributed by atoms with van der Waals surface area (Å²) in [6.07, 6.45) is 1.16. The monoisotopic (exact) mass is 268 g/mol. The molecule has 0 fully saturated rings. The summed E-state index contributed by atoms with van der Waals surface area (Å²) >= 11 is 0. The number of benzene rings is 2. The molecule has 0 saturated heterocycles. The quantitative estimate of drug-likeness (QED) is 0.709. The predicted octanol–water partition coefficient (Wildman–Crippen LogP) is 4.30. The van der Waals surface area contributed by atoms with Crippen molar-refractivity contribution in [1.82, 2.24) is 0 Å². The molecular formula is C19H26N+. The van der Waals surface area contributed by atoms with E-state index >= 15 is 0 Å². The van der Waals surface area contributed by atoms with Gasteiger partial charge in [-0.2, -0.15) is 0 Å². The van der Waals surface area contributed by atoms with E-state index in [0.717, 1.165) is 10.9 Å². The first-order valence-electron chi connectivity index (χ1n) is 7.39. The van der Waals surface area contributed by atoms with Crippen LogP contribution in [0.25, 0.3) is 0 Å². The third-order valence-electron chi connectivity index (χ3n) is 4.30. The SMILES string of the molecule is CC(CC(c1ccccc1)c1ccccc1)[N+](C)(C)C. The molecule has 0 N–H and O–H groups in total. The second-order valence-electron chi connectivity index (χ2n) is 6.57. The molecule has 20 heavy (non-hydrogen) atoms. The van der Waals surface area contributed by atoms with Gasteiger partial charge in [-0.25, -0.2) is 0 Å². The molecule has 1 atom stereocenters. The second kappa shape index (κ2) is 6.23. The number of nitrogens with zero attached hydrogens (tertiary/aromatic N) is 1. The lowest BCUT2D eigenvalue weighted by atomic mass is 9.86. The Morgan fingerprint density at radius 2 is 1.15 bits per heavy atom. The van der Waals surface area contributed by atoms with Gasteiger partial charge >= 0.3 is 0 Å². The zero-order chi connectivity index (χ0) is 14.6. The Morgan fingerprint density at radius 1 is 0.750 bits per heavy atom. The molecule has 0 aromatic heterocycles. The van der Waals surface area contributed by atoms with E-state index in [1.54, 1.807) is 0 Å². The largest absolute Gasteiger partial charge is 0.329 e. The van der Waals surface area contributed by atoms with Crippen LogP contribution in [0.1, 0.15) is 30.4 Å². The van der Waals surface area contributed by atoms with E-state index in [4.69, 9.17) is 0 Å². The van der Waals surface area contributed by atoms with Crippen LogP contribution in [0.3, 0.4) is 0 Å². The van der Waals surface area contributed by atoms with E-state index < -0.39 is 0 Å². The van der Waals surface area contributed by atoms with Gasteiger partial charge in [0.15, 0.2) is 0 Å². The van der Waals surface area contributed by atoms with E-state index in [-0.39, 0.29) is 0 Å². The number of rotatable bonds is 5. The third-order valence-corrected chi connectivity index (χ3v) is 4.30. The van der Waals surface area contributed by atoms with Crippen LogP contribution in [0.2, 0.25) is 0 Å². The normalized spacial score (nSPS) is 13.4. The fraction of sp³-hybridized carbons (Fsp3) is 0.368. The van der Waals surface area contributed by atoms with Gasteiger partial charge in [-0.1, -0.05) is 60.7 Å². The summed E-state index contributed by atoms with van der Waals surface area (Å²) in [4.78, 5) is 0. The van der Waals surface area contributed by atoms with Gasteiger partial charge in [0.25, 0.3) is 0 Å². The summed E-state index contributed by atoms with van der Waals surface area (Å²) in [5.74, 6) is 0.477. The maximum atomic E-state index is 2.35. The molecule has 1 unspecified atom stereocenters. The van der Waals surface area contributed by atoms with Crippen molar-refractivity contribution >= 4 is 0 Å². The lowest BCUT2D eigenvalue weighted by molar-refractivity contribution is -0.894. The van der Waals surface area contributed by atoms with E-state index in [1.807, 2.05) is 0 Å². The minimum Gasteiger partial charge on any atom is -0.329 e. The van der Waals surface area contributed by atoms with Crippen LogP contribution in [0, 0.1) is 0 Å². The average Bonchev–Trinajstić information content (AvgIpc) is 2.45. The van der Waals surface area contributed by atoms with Crippen LogP contribution in [-0.2, 0) is 0 Å². The highest BCUT2D eigenvalue weighted by atomic mass is 15.3. The Kier molecular flexibility index (Phi) is 4.61. The van der Waals surface area contributed by atoms with Crippen molar-refractivity contribution in [3.05, 3.63) is 71.8 Å². The van der Waals surface area contributed by atoms with Gasteiger partial charge in [0.05, 0.1) is 27.2 Å². The molecule has 0 amide bonds. The van der Waals surface area contributed by atoms with Crippen LogP contribution in [-0.4, -0.2) is 31.7 Å². The zero-order valence-corrected chi connectivity index (χ0v) is 13.1. The lowest BCUT2D eigenvalue weighted by Crippen LogP contribution is -2.44. The van der Waals surface area contributed by atoms with Gasteiger partial charge in [-0.15, -0.1) is 0 Å². The topological polar surface area (TPSA) is 0 Å². The Labute approximate surface area is 123 Å². The van der Waals surface area contributed by atoms with Gasteiger partial charge in [0.1, 0.15) is 0 Å². The number of hydrogen-bond donors (Lipinski definition) is 0. The molecule has 0 spiro atoms. The van der Waals surface area contributed by atoms with Crippen molar-refractivity contribution < 1.29 is 4.48 Å². The summed E-state index contributed by atoms with van der Waals surface area (Å²) in [5, 5.41) is 0. The summed E-state index contributed by atoms with van der Waals surface area (Å²) in [7, 11) is 6.83. The van der Waals surface area contributed by atoms with E-state index in [0.29, 0.717) is 12.0 Å². The third kappa shape index (κ3) is 3.71. The molecule has 0 aliphatic carbocycles. The highest BCUT2D eigenvalue weighted by molar-refractivity contribution is 5.32.